The van der Waals surface area contributed by atoms with Crippen LogP contribution in [0.4, 0.5) is 4.79 Å². The summed E-state index contributed by atoms with van der Waals surface area (Å²) >= 11 is 5.85. The third-order valence-electron chi connectivity index (χ3n) is 10.9. The summed E-state index contributed by atoms with van der Waals surface area (Å²) in [4.78, 5) is 72.9. The Bertz CT molecular complexity index is 1460. The number of ketones is 1. The van der Waals surface area contributed by atoms with Crippen LogP contribution in [-0.4, -0.2) is 76.2 Å². The number of carbonyl (C=O) groups excluding carboxylic acids is 5. The molecule has 4 N–H and O–H groups in total. The first-order chi connectivity index (χ1) is 22.3. The lowest BCUT2D eigenvalue weighted by atomic mass is 9.46. The highest BCUT2D eigenvalue weighted by Crippen LogP contribution is 2.68. The van der Waals surface area contributed by atoms with E-state index in [1.165, 1.54) is 13.3 Å². The van der Waals surface area contributed by atoms with E-state index in [9.17, 15) is 24.0 Å². The molecule has 1 heterocycles. The van der Waals surface area contributed by atoms with Crippen LogP contribution in [0.1, 0.15) is 65.5 Å². The quantitative estimate of drug-likeness (QED) is 0.188. The zero-order chi connectivity index (χ0) is 34.1. The van der Waals surface area contributed by atoms with Crippen LogP contribution in [0.3, 0.4) is 0 Å². The fourth-order valence-electron chi connectivity index (χ4n) is 8.73. The van der Waals surface area contributed by atoms with Gasteiger partial charge in [0.25, 0.3) is 0 Å². The number of esters is 2. The highest BCUT2D eigenvalue weighted by atomic mass is 35.5. The van der Waals surface area contributed by atoms with Gasteiger partial charge in [-0.1, -0.05) is 37.1 Å². The molecule has 0 aromatic carbocycles. The van der Waals surface area contributed by atoms with Crippen LogP contribution in [0.25, 0.3) is 0 Å². The molecule has 0 radical (unpaired) electrons. The first-order valence-electron chi connectivity index (χ1n) is 16.1. The van der Waals surface area contributed by atoms with Gasteiger partial charge in [-0.3, -0.25) is 9.59 Å². The Hall–Kier alpha value is -3.71. The fraction of sp³-hybridized carbons (Fsp3) is 0.636. The summed E-state index contributed by atoms with van der Waals surface area (Å²) < 4.78 is 22.8. The van der Waals surface area contributed by atoms with Crippen molar-refractivity contribution in [2.45, 2.75) is 90.0 Å². The SMILES string of the molecule is CCOC(=O)O[C@]1(C(=O)OCCl)CC[C@H]2[C@@H]3CCC4=CC(=O)C=C[C@]4(C)[C@H]3[C@@H](OC(=O)[C@H](Cc3cnc[nH]3)NC(=O)[C@H](C)N)C[C@@]21C. The van der Waals surface area contributed by atoms with E-state index in [0.717, 1.165) is 5.57 Å². The molecule has 1 aromatic heterocycles. The first-order valence-corrected chi connectivity index (χ1v) is 16.6. The first kappa shape index (κ1) is 34.6. The van der Waals surface area contributed by atoms with Gasteiger partial charge in [-0.15, -0.1) is 0 Å². The number of H-pyrrole nitrogens is 1. The third-order valence-corrected chi connectivity index (χ3v) is 11.0. The summed E-state index contributed by atoms with van der Waals surface area (Å²) in [5.41, 5.74) is 3.90. The number of hydrogen-bond acceptors (Lipinski definition) is 11. The van der Waals surface area contributed by atoms with E-state index in [0.29, 0.717) is 25.0 Å². The van der Waals surface area contributed by atoms with Crippen LogP contribution in [0.5, 0.6) is 0 Å². The molecule has 47 heavy (non-hydrogen) atoms. The molecule has 0 saturated heterocycles. The predicted molar refractivity (Wildman–Crippen MR) is 167 cm³/mol. The number of halogens is 1. The summed E-state index contributed by atoms with van der Waals surface area (Å²) in [7, 11) is 0. The van der Waals surface area contributed by atoms with Crippen LogP contribution in [0.2, 0.25) is 0 Å². The van der Waals surface area contributed by atoms with Gasteiger partial charge in [0.05, 0.1) is 19.0 Å². The summed E-state index contributed by atoms with van der Waals surface area (Å²) in [6.45, 7) is 7.08. The zero-order valence-corrected chi connectivity index (χ0v) is 27.8. The third kappa shape index (κ3) is 6.19. The molecule has 14 heteroatoms. The number of hydrogen-bond donors (Lipinski definition) is 3. The van der Waals surface area contributed by atoms with Crippen molar-refractivity contribution in [2.75, 3.05) is 12.7 Å². The fourth-order valence-corrected chi connectivity index (χ4v) is 8.83. The number of carbonyl (C=O) groups is 5. The molecule has 0 unspecified atom stereocenters. The second kappa shape index (κ2) is 13.4. The largest absolute Gasteiger partial charge is 0.509 e. The molecule has 4 aliphatic carbocycles. The molecule has 3 fully saturated rings. The number of aromatic nitrogens is 2. The number of nitrogens with two attached hydrogens (primary N) is 1. The summed E-state index contributed by atoms with van der Waals surface area (Å²) in [6.07, 6.45) is 8.42. The lowest BCUT2D eigenvalue weighted by Gasteiger charge is -2.60. The van der Waals surface area contributed by atoms with Crippen LogP contribution in [0.15, 0.2) is 36.3 Å². The van der Waals surface area contributed by atoms with Gasteiger partial charge in [0.15, 0.2) is 11.8 Å². The molecule has 256 valence electrons. The van der Waals surface area contributed by atoms with Gasteiger partial charge in [-0.05, 0) is 69.9 Å². The topological polar surface area (TPSA) is 189 Å². The Kier molecular flexibility index (Phi) is 9.89. The molecule has 4 aliphatic rings. The molecule has 0 bridgehead atoms. The van der Waals surface area contributed by atoms with Crippen molar-refractivity contribution in [1.82, 2.24) is 15.3 Å². The normalized spacial score (nSPS) is 33.7. The minimum absolute atomic E-state index is 0.0356. The molecule has 0 aliphatic heterocycles. The van der Waals surface area contributed by atoms with Crippen LogP contribution in [0, 0.1) is 28.6 Å². The van der Waals surface area contributed by atoms with E-state index in [4.69, 9.17) is 36.3 Å². The Balaban J connectivity index is 1.57. The predicted octanol–water partition coefficient (Wildman–Crippen LogP) is 3.27. The molecule has 13 nitrogen and oxygen atoms in total. The zero-order valence-electron chi connectivity index (χ0n) is 27.1. The van der Waals surface area contributed by atoms with Gasteiger partial charge < -0.3 is 35.0 Å². The minimum Gasteiger partial charge on any atom is -0.460 e. The molecular formula is C33H43ClN4O9. The van der Waals surface area contributed by atoms with E-state index in [1.807, 2.05) is 19.9 Å². The van der Waals surface area contributed by atoms with Crippen LogP contribution < -0.4 is 11.1 Å². The van der Waals surface area contributed by atoms with Gasteiger partial charge in [0.1, 0.15) is 12.1 Å². The van der Waals surface area contributed by atoms with Crippen molar-refractivity contribution < 1.29 is 42.9 Å². The number of allylic oxidation sites excluding steroid dienone is 4. The van der Waals surface area contributed by atoms with Gasteiger partial charge in [-0.25, -0.2) is 19.4 Å². The number of imidazole rings is 1. The number of fused-ring (bicyclic) bond motifs is 5. The van der Waals surface area contributed by atoms with Gasteiger partial charge >= 0.3 is 18.1 Å². The molecule has 1 aromatic rings. The lowest BCUT2D eigenvalue weighted by Crippen LogP contribution is -2.63. The highest BCUT2D eigenvalue weighted by Gasteiger charge is 2.72. The number of amides is 1. The molecule has 9 atom stereocenters. The van der Waals surface area contributed by atoms with Gasteiger partial charge in [-0.2, -0.15) is 0 Å². The maximum atomic E-state index is 14.1. The average Bonchev–Trinajstić information content (AvgIpc) is 3.63. The van der Waals surface area contributed by atoms with Crippen molar-refractivity contribution in [3.63, 3.8) is 0 Å². The molecular weight excluding hydrogens is 632 g/mol. The van der Waals surface area contributed by atoms with Gasteiger partial charge in [0, 0.05) is 35.1 Å². The number of rotatable bonds is 10. The maximum absolute atomic E-state index is 14.1. The summed E-state index contributed by atoms with van der Waals surface area (Å²) in [6, 6.07) is -2.44. The van der Waals surface area contributed by atoms with E-state index in [-0.39, 0.29) is 49.4 Å². The van der Waals surface area contributed by atoms with Crippen LogP contribution in [-0.2, 0) is 44.5 Å². The summed E-state index contributed by atoms with van der Waals surface area (Å²) in [5.74, 6) is -2.68. The molecule has 5 rings (SSSR count). The number of nitrogens with one attached hydrogen (secondary N) is 2. The van der Waals surface area contributed by atoms with E-state index in [2.05, 4.69) is 15.3 Å². The van der Waals surface area contributed by atoms with Crippen molar-refractivity contribution in [3.05, 3.63) is 42.0 Å². The standard InChI is InChI=1S/C33H43ClN4O9/c1-5-44-30(43)47-33(29(42)45-16-34)11-9-23-22-7-6-19-12-21(39)8-10-31(19,3)26(22)25(14-32(23,33)4)46-28(41)24(38-27(40)18(2)35)13-20-15-36-17-37-20/h8,10,12,15,17-18,22-26H,5-7,9,11,13-14,16,35H2,1-4H3,(H,36,37)(H,38,40)/t18-,22-,23-,24-,25-,26+,31-,32-,33-/m0/s1. The Labute approximate surface area is 278 Å². The van der Waals surface area contributed by atoms with Crippen molar-refractivity contribution in [1.29, 1.82) is 0 Å². The monoisotopic (exact) mass is 674 g/mol. The minimum atomic E-state index is -1.76. The number of nitrogens with zero attached hydrogens (tertiary/aromatic N) is 1. The van der Waals surface area contributed by atoms with E-state index >= 15 is 0 Å². The smallest absolute Gasteiger partial charge is 0.460 e. The van der Waals surface area contributed by atoms with Crippen molar-refractivity contribution in [2.24, 2.45) is 34.3 Å². The van der Waals surface area contributed by atoms with Crippen molar-refractivity contribution in [3.8, 4) is 0 Å². The molecule has 0 spiro atoms. The van der Waals surface area contributed by atoms with E-state index in [1.54, 1.807) is 25.3 Å². The average molecular weight is 675 g/mol. The Morgan fingerprint density at radius 2 is 1.98 bits per heavy atom. The second-order valence-corrected chi connectivity index (χ2v) is 13.7. The second-order valence-electron chi connectivity index (χ2n) is 13.4. The lowest BCUT2D eigenvalue weighted by molar-refractivity contribution is -0.207. The van der Waals surface area contributed by atoms with Crippen LogP contribution >= 0.6 is 11.6 Å². The highest BCUT2D eigenvalue weighted by molar-refractivity contribution is 6.17. The summed E-state index contributed by atoms with van der Waals surface area (Å²) in [5, 5.41) is 2.70. The number of alkyl halides is 1. The number of ether oxygens (including phenoxy) is 4. The molecule has 3 saturated carbocycles. The van der Waals surface area contributed by atoms with Gasteiger partial charge in [0.2, 0.25) is 11.5 Å². The maximum Gasteiger partial charge on any atom is 0.509 e. The Morgan fingerprint density at radius 3 is 2.64 bits per heavy atom. The van der Waals surface area contributed by atoms with E-state index < -0.39 is 64.7 Å². The molecule has 1 amide bonds. The van der Waals surface area contributed by atoms with Crippen molar-refractivity contribution >= 4 is 41.4 Å². The number of aromatic amines is 1. The Morgan fingerprint density at radius 1 is 1.21 bits per heavy atom.